The second kappa shape index (κ2) is 9.80. The Hall–Kier alpha value is -1.84. The SMILES string of the molecule is O=S(=O)(N[C@@H]1CCCC[C@@H]1N1CCN(Cc2ccc3c(c2)OCO3)CC1)c1ccc(Cl)cc1. The van der Waals surface area contributed by atoms with E-state index < -0.39 is 10.0 Å². The first-order valence-electron chi connectivity index (χ1n) is 11.6. The number of nitrogens with one attached hydrogen (secondary N) is 1. The molecule has 178 valence electrons. The van der Waals surface area contributed by atoms with Crippen LogP contribution in [0.2, 0.25) is 5.02 Å². The first-order chi connectivity index (χ1) is 16.0. The molecule has 7 nitrogen and oxygen atoms in total. The van der Waals surface area contributed by atoms with E-state index >= 15 is 0 Å². The van der Waals surface area contributed by atoms with Gasteiger partial charge in [0.25, 0.3) is 0 Å². The maximum atomic E-state index is 13.0. The van der Waals surface area contributed by atoms with E-state index in [1.165, 1.54) is 5.56 Å². The molecule has 0 amide bonds. The Morgan fingerprint density at radius 1 is 0.939 bits per heavy atom. The van der Waals surface area contributed by atoms with Gasteiger partial charge in [-0.3, -0.25) is 9.80 Å². The Morgan fingerprint density at radius 2 is 1.67 bits per heavy atom. The molecule has 2 aliphatic heterocycles. The number of rotatable bonds is 6. The Morgan fingerprint density at radius 3 is 2.45 bits per heavy atom. The van der Waals surface area contributed by atoms with Crippen LogP contribution in [0.5, 0.6) is 11.5 Å². The van der Waals surface area contributed by atoms with Crippen molar-refractivity contribution in [3.05, 3.63) is 53.1 Å². The average Bonchev–Trinajstić information content (AvgIpc) is 3.28. The standard InChI is InChI=1S/C24H30ClN3O4S/c25-19-6-8-20(9-7-19)33(29,30)26-21-3-1-2-4-22(21)28-13-11-27(12-14-28)16-18-5-10-23-24(15-18)32-17-31-23/h5-10,15,21-22,26H,1-4,11-14,16-17H2/t21-,22+/m1/s1. The van der Waals surface area contributed by atoms with Crippen LogP contribution in [0, 0.1) is 0 Å². The van der Waals surface area contributed by atoms with Crippen LogP contribution in [0.4, 0.5) is 0 Å². The molecule has 0 aromatic heterocycles. The van der Waals surface area contributed by atoms with Crippen LogP contribution in [0.3, 0.4) is 0 Å². The highest BCUT2D eigenvalue weighted by Gasteiger charge is 2.34. The van der Waals surface area contributed by atoms with Crippen molar-refractivity contribution < 1.29 is 17.9 Å². The van der Waals surface area contributed by atoms with Crippen LogP contribution in [0.15, 0.2) is 47.4 Å². The Kier molecular flexibility index (Phi) is 6.81. The lowest BCUT2D eigenvalue weighted by Crippen LogP contribution is -2.58. The summed E-state index contributed by atoms with van der Waals surface area (Å²) in [6.45, 7) is 4.97. The monoisotopic (exact) mass is 491 g/mol. The molecule has 1 aliphatic carbocycles. The van der Waals surface area contributed by atoms with Crippen LogP contribution < -0.4 is 14.2 Å². The predicted molar refractivity (Wildman–Crippen MR) is 127 cm³/mol. The molecule has 0 bridgehead atoms. The molecule has 3 aliphatic rings. The molecule has 2 aromatic carbocycles. The molecule has 0 radical (unpaired) electrons. The van der Waals surface area contributed by atoms with E-state index in [1.54, 1.807) is 24.3 Å². The smallest absolute Gasteiger partial charge is 0.240 e. The van der Waals surface area contributed by atoms with E-state index in [0.29, 0.717) is 11.8 Å². The lowest BCUT2D eigenvalue weighted by molar-refractivity contribution is 0.0631. The number of hydrogen-bond acceptors (Lipinski definition) is 6. The van der Waals surface area contributed by atoms with E-state index in [4.69, 9.17) is 21.1 Å². The third-order valence-electron chi connectivity index (χ3n) is 6.88. The number of halogens is 1. The van der Waals surface area contributed by atoms with E-state index in [1.807, 2.05) is 6.07 Å². The maximum Gasteiger partial charge on any atom is 0.240 e. The van der Waals surface area contributed by atoms with Gasteiger partial charge >= 0.3 is 0 Å². The zero-order valence-electron chi connectivity index (χ0n) is 18.6. The predicted octanol–water partition coefficient (Wildman–Crippen LogP) is 3.48. The van der Waals surface area contributed by atoms with Crippen LogP contribution in [-0.2, 0) is 16.6 Å². The average molecular weight is 492 g/mol. The number of ether oxygens (including phenoxy) is 2. The molecule has 2 atom stereocenters. The molecule has 0 unspecified atom stereocenters. The van der Waals surface area contributed by atoms with Crippen molar-refractivity contribution in [1.82, 2.24) is 14.5 Å². The van der Waals surface area contributed by atoms with Gasteiger partial charge in [-0.05, 0) is 54.8 Å². The van der Waals surface area contributed by atoms with Crippen molar-refractivity contribution in [2.24, 2.45) is 0 Å². The molecule has 0 spiro atoms. The van der Waals surface area contributed by atoms with E-state index in [2.05, 4.69) is 26.7 Å². The molecular weight excluding hydrogens is 462 g/mol. The fourth-order valence-electron chi connectivity index (χ4n) is 5.12. The van der Waals surface area contributed by atoms with Gasteiger partial charge in [0.1, 0.15) is 0 Å². The van der Waals surface area contributed by atoms with Gasteiger partial charge < -0.3 is 9.47 Å². The minimum atomic E-state index is -3.57. The van der Waals surface area contributed by atoms with Gasteiger partial charge in [0.2, 0.25) is 16.8 Å². The van der Waals surface area contributed by atoms with Crippen LogP contribution in [0.25, 0.3) is 0 Å². The number of sulfonamides is 1. The van der Waals surface area contributed by atoms with Gasteiger partial charge in [-0.25, -0.2) is 13.1 Å². The summed E-state index contributed by atoms with van der Waals surface area (Å²) in [5.41, 5.74) is 1.22. The molecule has 9 heteroatoms. The molecule has 1 N–H and O–H groups in total. The molecule has 1 saturated heterocycles. The summed E-state index contributed by atoms with van der Waals surface area (Å²) < 4.78 is 39.9. The summed E-state index contributed by atoms with van der Waals surface area (Å²) in [5, 5.41) is 0.531. The maximum absolute atomic E-state index is 13.0. The van der Waals surface area contributed by atoms with Crippen molar-refractivity contribution in [1.29, 1.82) is 0 Å². The number of hydrogen-bond donors (Lipinski definition) is 1. The highest BCUT2D eigenvalue weighted by atomic mass is 35.5. The summed E-state index contributed by atoms with van der Waals surface area (Å²) in [4.78, 5) is 5.19. The van der Waals surface area contributed by atoms with Crippen molar-refractivity contribution >= 4 is 21.6 Å². The minimum absolute atomic E-state index is 0.0696. The number of fused-ring (bicyclic) bond motifs is 1. The van der Waals surface area contributed by atoms with E-state index in [0.717, 1.165) is 69.9 Å². The Bertz CT molecular complexity index is 1070. The Balaban J connectivity index is 1.19. The van der Waals surface area contributed by atoms with Crippen molar-refractivity contribution in [2.45, 2.75) is 49.2 Å². The molecule has 5 rings (SSSR count). The van der Waals surface area contributed by atoms with Gasteiger partial charge in [0, 0.05) is 49.8 Å². The zero-order chi connectivity index (χ0) is 22.8. The van der Waals surface area contributed by atoms with Crippen LogP contribution in [-0.4, -0.2) is 63.3 Å². The minimum Gasteiger partial charge on any atom is -0.454 e. The van der Waals surface area contributed by atoms with Gasteiger partial charge in [-0.15, -0.1) is 0 Å². The summed E-state index contributed by atoms with van der Waals surface area (Å²) in [5.74, 6) is 1.64. The van der Waals surface area contributed by atoms with E-state index in [-0.39, 0.29) is 17.0 Å². The molecule has 2 aromatic rings. The van der Waals surface area contributed by atoms with Crippen molar-refractivity contribution in [3.63, 3.8) is 0 Å². The lowest BCUT2D eigenvalue weighted by Gasteiger charge is -2.44. The van der Waals surface area contributed by atoms with Crippen molar-refractivity contribution in [3.8, 4) is 11.5 Å². The van der Waals surface area contributed by atoms with Gasteiger partial charge in [-0.1, -0.05) is 30.5 Å². The van der Waals surface area contributed by atoms with Crippen LogP contribution in [0.1, 0.15) is 31.2 Å². The third kappa shape index (κ3) is 5.30. The highest BCUT2D eigenvalue weighted by Crippen LogP contribution is 2.33. The second-order valence-corrected chi connectivity index (χ2v) is 11.2. The number of benzene rings is 2. The third-order valence-corrected chi connectivity index (χ3v) is 8.64. The lowest BCUT2D eigenvalue weighted by atomic mass is 9.89. The fourth-order valence-corrected chi connectivity index (χ4v) is 6.55. The molecule has 2 fully saturated rings. The summed E-state index contributed by atoms with van der Waals surface area (Å²) >= 11 is 5.93. The topological polar surface area (TPSA) is 71.1 Å². The largest absolute Gasteiger partial charge is 0.454 e. The second-order valence-electron chi connectivity index (χ2n) is 9.03. The van der Waals surface area contributed by atoms with Crippen LogP contribution >= 0.6 is 11.6 Å². The van der Waals surface area contributed by atoms with E-state index in [9.17, 15) is 8.42 Å². The first-order valence-corrected chi connectivity index (χ1v) is 13.5. The molecule has 33 heavy (non-hydrogen) atoms. The fraction of sp³-hybridized carbons (Fsp3) is 0.500. The quantitative estimate of drug-likeness (QED) is 0.667. The highest BCUT2D eigenvalue weighted by molar-refractivity contribution is 7.89. The normalized spacial score (nSPS) is 24.2. The summed E-state index contributed by atoms with van der Waals surface area (Å²) in [7, 11) is -3.57. The summed E-state index contributed by atoms with van der Waals surface area (Å²) in [6, 6.07) is 12.7. The number of piperazine rings is 1. The van der Waals surface area contributed by atoms with Crippen molar-refractivity contribution in [2.75, 3.05) is 33.0 Å². The molecule has 2 heterocycles. The zero-order valence-corrected chi connectivity index (χ0v) is 20.2. The van der Waals surface area contributed by atoms with Gasteiger partial charge in [0.05, 0.1) is 4.90 Å². The summed E-state index contributed by atoms with van der Waals surface area (Å²) in [6.07, 6.45) is 4.08. The molecule has 1 saturated carbocycles. The van der Waals surface area contributed by atoms with Gasteiger partial charge in [0.15, 0.2) is 11.5 Å². The first kappa shape index (κ1) is 22.9. The molecular formula is C24H30ClN3O4S. The number of nitrogens with zero attached hydrogens (tertiary/aromatic N) is 2. The Labute approximate surface area is 200 Å². The van der Waals surface area contributed by atoms with Gasteiger partial charge in [-0.2, -0.15) is 0 Å².